The number of aliphatic carboxylic acids is 1. The Bertz CT molecular complexity index is 3570. The summed E-state index contributed by atoms with van der Waals surface area (Å²) >= 11 is 0. The molecule has 7 aromatic rings. The molecule has 16 heteroatoms. The van der Waals surface area contributed by atoms with E-state index in [2.05, 4.69) is 10.6 Å². The molecule has 0 saturated heterocycles. The molecule has 88 heavy (non-hydrogen) atoms. The van der Waals surface area contributed by atoms with E-state index in [1.54, 1.807) is 42.5 Å². The van der Waals surface area contributed by atoms with Gasteiger partial charge in [0.25, 0.3) is 0 Å². The highest BCUT2D eigenvalue weighted by molar-refractivity contribution is 6.24. The first-order chi connectivity index (χ1) is 42.4. The Hall–Kier alpha value is -9.83. The normalized spacial score (nSPS) is 14.4. The fourth-order valence-corrected chi connectivity index (χ4v) is 11.8. The SMILES string of the molecule is COc1ccc(CN(C(=O)[C@H](CC(=O)OCc2ccc(N=C(CC(C)C)C3=C(O)CC(C)(C)CC3=O)cc2)NC(=O)OCC2c3ccccc3-c3ccccc32)[C@@H](CCC(=O)NC(c2ccccc2)(c2ccccc2)c2ccccc2)C(=O)O)c(OC)c1. The van der Waals surface area contributed by atoms with Gasteiger partial charge in [-0.3, -0.25) is 24.2 Å². The fourth-order valence-electron chi connectivity index (χ4n) is 11.8. The van der Waals surface area contributed by atoms with Crippen molar-refractivity contribution in [2.75, 3.05) is 20.8 Å². The van der Waals surface area contributed by atoms with Gasteiger partial charge in [0.2, 0.25) is 11.8 Å². The van der Waals surface area contributed by atoms with Gasteiger partial charge >= 0.3 is 18.0 Å². The highest BCUT2D eigenvalue weighted by atomic mass is 16.6. The van der Waals surface area contributed by atoms with Crippen molar-refractivity contribution in [1.82, 2.24) is 15.5 Å². The monoisotopic (exact) mass is 1190 g/mol. The molecule has 0 aliphatic heterocycles. The van der Waals surface area contributed by atoms with Crippen LogP contribution in [-0.4, -0.2) is 89.4 Å². The number of carbonyl (C=O) groups is 6. The predicted octanol–water partition coefficient (Wildman–Crippen LogP) is 12.7. The molecule has 3 amide bonds. The summed E-state index contributed by atoms with van der Waals surface area (Å²) in [4.78, 5) is 92.0. The second-order valence-electron chi connectivity index (χ2n) is 23.4. The van der Waals surface area contributed by atoms with Crippen LogP contribution in [0.2, 0.25) is 0 Å². The number of aliphatic hydroxyl groups is 1. The van der Waals surface area contributed by atoms with E-state index in [0.717, 1.165) is 43.8 Å². The molecule has 7 aromatic carbocycles. The minimum Gasteiger partial charge on any atom is -0.511 e. The number of amides is 3. The average Bonchev–Trinajstić information content (AvgIpc) is 1.37. The van der Waals surface area contributed by atoms with Crippen LogP contribution < -0.4 is 20.1 Å². The van der Waals surface area contributed by atoms with Crippen LogP contribution in [0.1, 0.15) is 111 Å². The van der Waals surface area contributed by atoms with E-state index >= 15 is 4.79 Å². The third kappa shape index (κ3) is 14.7. The highest BCUT2D eigenvalue weighted by Gasteiger charge is 2.41. The maximum atomic E-state index is 15.6. The van der Waals surface area contributed by atoms with Crippen molar-refractivity contribution in [2.45, 2.75) is 103 Å². The number of methoxy groups -OCH3 is 2. The number of fused-ring (bicyclic) bond motifs is 3. The summed E-state index contributed by atoms with van der Waals surface area (Å²) in [5, 5.41) is 28.2. The molecule has 0 saturated carbocycles. The fraction of sp³-hybridized carbons (Fsp3) is 0.292. The summed E-state index contributed by atoms with van der Waals surface area (Å²) in [6.07, 6.45) is -1.59. The quantitative estimate of drug-likeness (QED) is 0.0239. The van der Waals surface area contributed by atoms with E-state index in [9.17, 15) is 34.2 Å². The number of hydrogen-bond donors (Lipinski definition) is 4. The van der Waals surface area contributed by atoms with Gasteiger partial charge in [0.1, 0.15) is 48.1 Å². The van der Waals surface area contributed by atoms with Crippen LogP contribution in [0, 0.1) is 11.3 Å². The van der Waals surface area contributed by atoms with Crippen molar-refractivity contribution in [1.29, 1.82) is 0 Å². The molecule has 2 atom stereocenters. The lowest BCUT2D eigenvalue weighted by Gasteiger charge is -2.37. The van der Waals surface area contributed by atoms with E-state index in [0.29, 0.717) is 41.1 Å². The van der Waals surface area contributed by atoms with Crippen molar-refractivity contribution in [2.24, 2.45) is 16.3 Å². The minimum atomic E-state index is -1.78. The second-order valence-corrected chi connectivity index (χ2v) is 23.4. The van der Waals surface area contributed by atoms with Crippen LogP contribution in [0.25, 0.3) is 11.1 Å². The van der Waals surface area contributed by atoms with Crippen molar-refractivity contribution in [3.05, 3.63) is 232 Å². The van der Waals surface area contributed by atoms with Gasteiger partial charge in [-0.15, -0.1) is 0 Å². The smallest absolute Gasteiger partial charge is 0.407 e. The number of rotatable bonds is 25. The van der Waals surface area contributed by atoms with Crippen LogP contribution in [0.15, 0.2) is 198 Å². The largest absolute Gasteiger partial charge is 0.511 e. The van der Waals surface area contributed by atoms with Gasteiger partial charge in [0, 0.05) is 36.8 Å². The number of carboxylic acid groups (broad SMARTS) is 1. The summed E-state index contributed by atoms with van der Waals surface area (Å²) in [6.45, 7) is 7.04. The Morgan fingerprint density at radius 1 is 0.705 bits per heavy atom. The van der Waals surface area contributed by atoms with Crippen molar-refractivity contribution < 1.29 is 57.9 Å². The Kier molecular flexibility index (Phi) is 20.0. The van der Waals surface area contributed by atoms with E-state index in [1.165, 1.54) is 14.2 Å². The molecule has 9 rings (SSSR count). The number of ketones is 1. The van der Waals surface area contributed by atoms with E-state index < -0.39 is 73.3 Å². The molecular formula is C72H74N4O12. The van der Waals surface area contributed by atoms with Gasteiger partial charge in [-0.25, -0.2) is 9.59 Å². The molecule has 4 N–H and O–H groups in total. The lowest BCUT2D eigenvalue weighted by molar-refractivity contribution is -0.154. The van der Waals surface area contributed by atoms with Gasteiger partial charge in [-0.05, 0) is 92.9 Å². The van der Waals surface area contributed by atoms with Crippen LogP contribution in [0.5, 0.6) is 11.5 Å². The number of hydrogen-bond acceptors (Lipinski definition) is 12. The molecule has 0 fully saturated rings. The zero-order valence-corrected chi connectivity index (χ0v) is 50.4. The van der Waals surface area contributed by atoms with Crippen molar-refractivity contribution >= 4 is 47.0 Å². The zero-order valence-electron chi connectivity index (χ0n) is 50.4. The summed E-state index contributed by atoms with van der Waals surface area (Å²) < 4.78 is 22.9. The Labute approximate surface area is 513 Å². The molecule has 2 aliphatic carbocycles. The van der Waals surface area contributed by atoms with E-state index in [4.69, 9.17) is 23.9 Å². The van der Waals surface area contributed by atoms with Gasteiger partial charge < -0.3 is 44.7 Å². The van der Waals surface area contributed by atoms with Gasteiger partial charge in [-0.1, -0.05) is 179 Å². The maximum absolute atomic E-state index is 15.6. The van der Waals surface area contributed by atoms with Crippen molar-refractivity contribution in [3.63, 3.8) is 0 Å². The van der Waals surface area contributed by atoms with E-state index in [-0.39, 0.29) is 59.8 Å². The number of nitrogens with one attached hydrogen (secondary N) is 2. The van der Waals surface area contributed by atoms with E-state index in [1.807, 2.05) is 167 Å². The third-order valence-electron chi connectivity index (χ3n) is 16.0. The first-order valence-electron chi connectivity index (χ1n) is 29.5. The number of alkyl carbamates (subject to hydrolysis) is 1. The summed E-state index contributed by atoms with van der Waals surface area (Å²) in [7, 11) is 2.88. The number of aliphatic imine (C=N–C) groups is 1. The number of carbonyl (C=O) groups excluding carboxylic acids is 5. The molecular weight excluding hydrogens is 1110 g/mol. The Morgan fingerprint density at radius 2 is 1.27 bits per heavy atom. The zero-order chi connectivity index (χ0) is 62.5. The number of nitrogens with zero attached hydrogens (tertiary/aromatic N) is 2. The third-order valence-corrected chi connectivity index (χ3v) is 16.0. The maximum Gasteiger partial charge on any atom is 0.407 e. The lowest BCUT2D eigenvalue weighted by Crippen LogP contribution is -2.55. The minimum absolute atomic E-state index is 0.0207. The Morgan fingerprint density at radius 3 is 1.81 bits per heavy atom. The molecule has 0 bridgehead atoms. The first kappa shape index (κ1) is 62.7. The van der Waals surface area contributed by atoms with Gasteiger partial charge in [0.05, 0.1) is 44.2 Å². The predicted molar refractivity (Wildman–Crippen MR) is 335 cm³/mol. The molecule has 0 unspecified atom stereocenters. The van der Waals surface area contributed by atoms with Gasteiger partial charge in [0.15, 0.2) is 5.78 Å². The van der Waals surface area contributed by atoms with Gasteiger partial charge in [-0.2, -0.15) is 0 Å². The van der Waals surface area contributed by atoms with Crippen LogP contribution in [-0.2, 0) is 52.1 Å². The molecule has 0 heterocycles. The summed E-state index contributed by atoms with van der Waals surface area (Å²) in [5.41, 5.74) is 6.55. The summed E-state index contributed by atoms with van der Waals surface area (Å²) in [6, 6.07) is 51.9. The molecule has 2 aliphatic rings. The van der Waals surface area contributed by atoms with Crippen LogP contribution in [0.4, 0.5) is 10.5 Å². The number of allylic oxidation sites excluding steroid dienone is 2. The lowest BCUT2D eigenvalue weighted by atomic mass is 9.75. The second kappa shape index (κ2) is 28.1. The number of Topliss-reactive ketones (excluding diaryl/α,β-unsaturated/α-hetero) is 1. The molecule has 0 radical (unpaired) electrons. The number of aliphatic hydroxyl groups excluding tert-OH is 1. The van der Waals surface area contributed by atoms with Crippen LogP contribution >= 0.6 is 0 Å². The Balaban J connectivity index is 1.01. The number of carboxylic acids is 1. The number of benzene rings is 7. The molecule has 16 nitrogen and oxygen atoms in total. The standard InChI is InChI=1S/C72H74N4O12/c1-46(2)38-59(67-62(77)41-71(3,4)42-63(67)78)73-52-33-30-47(31-34-52)44-87-66(80)40-60(74-70(84)88-45-58-56-28-18-16-26-54(56)55-27-17-19-29-57(55)58)68(81)76(43-48-32-35-53(85-5)39-64(48)86-6)61(69(82)83)36-37-65(79)75-72(49-20-10-7-11-21-49,50-22-12-8-13-23-50)51-24-14-9-15-25-51/h7-35,39,46,58,60-61,77H,36-38,40-45H2,1-6H3,(H,74,84)(H,75,79)(H,82,83)/t60-,61-/m0/s1. The number of ether oxygens (including phenoxy) is 4. The average molecular weight is 1190 g/mol. The first-order valence-corrected chi connectivity index (χ1v) is 29.5. The molecule has 0 aromatic heterocycles. The highest BCUT2D eigenvalue weighted by Crippen LogP contribution is 2.45. The van der Waals surface area contributed by atoms with Crippen molar-refractivity contribution in [3.8, 4) is 22.6 Å². The molecule has 454 valence electrons. The molecule has 0 spiro atoms. The number of esters is 1. The topological polar surface area (TPSA) is 219 Å². The summed E-state index contributed by atoms with van der Waals surface area (Å²) in [5.74, 6) is -3.66. The van der Waals surface area contributed by atoms with Crippen LogP contribution in [0.3, 0.4) is 0 Å².